The van der Waals surface area contributed by atoms with Gasteiger partial charge in [-0.15, -0.1) is 10.2 Å². The van der Waals surface area contributed by atoms with Crippen LogP contribution in [0, 0.1) is 0 Å². The van der Waals surface area contributed by atoms with Gasteiger partial charge < -0.3 is 9.32 Å². The van der Waals surface area contributed by atoms with E-state index in [0.29, 0.717) is 11.8 Å². The quantitative estimate of drug-likeness (QED) is 0.221. The molecule has 0 aliphatic heterocycles. The Balaban J connectivity index is 1.25. The molecule has 2 aromatic heterocycles. The first kappa shape index (κ1) is 23.6. The van der Waals surface area contributed by atoms with Gasteiger partial charge in [0.2, 0.25) is 11.8 Å². The van der Waals surface area contributed by atoms with Crippen LogP contribution in [0.5, 0.6) is 0 Å². The number of hydrogen-bond donors (Lipinski definition) is 0. The topological polar surface area (TPSA) is 55.1 Å². The third-order valence-electron chi connectivity index (χ3n) is 6.84. The highest BCUT2D eigenvalue weighted by Gasteiger charge is 2.17. The molecule has 0 aliphatic rings. The third kappa shape index (κ3) is 4.50. The van der Waals surface area contributed by atoms with Crippen LogP contribution in [0.4, 0.5) is 17.1 Å². The SMILES string of the molecule is c1ccc(-c2cc(-c3nnc(-c4ccc(N(c5ccccc5)c5ccccc5)cc4)o3)c3ccccc3n2)cc1. The van der Waals surface area contributed by atoms with Crippen LogP contribution in [-0.4, -0.2) is 15.2 Å². The first-order chi connectivity index (χ1) is 19.8. The number of pyridine rings is 1. The van der Waals surface area contributed by atoms with Crippen molar-refractivity contribution in [3.05, 3.63) is 146 Å². The Kier molecular flexibility index (Phi) is 6.07. The maximum Gasteiger partial charge on any atom is 0.248 e. The maximum atomic E-state index is 6.26. The summed E-state index contributed by atoms with van der Waals surface area (Å²) in [5.74, 6) is 0.930. The number of fused-ring (bicyclic) bond motifs is 1. The van der Waals surface area contributed by atoms with E-state index in [9.17, 15) is 0 Å². The summed E-state index contributed by atoms with van der Waals surface area (Å²) in [5.41, 5.74) is 7.69. The molecule has 0 amide bonds. The molecule has 2 heterocycles. The van der Waals surface area contributed by atoms with Gasteiger partial charge >= 0.3 is 0 Å². The number of anilines is 3. The first-order valence-corrected chi connectivity index (χ1v) is 13.1. The van der Waals surface area contributed by atoms with Gasteiger partial charge in [0.25, 0.3) is 0 Å². The normalized spacial score (nSPS) is 11.0. The molecule has 0 bridgehead atoms. The van der Waals surface area contributed by atoms with E-state index < -0.39 is 0 Å². The molecule has 190 valence electrons. The van der Waals surface area contributed by atoms with Crippen LogP contribution in [0.3, 0.4) is 0 Å². The molecule has 0 unspecified atom stereocenters. The molecule has 7 aromatic rings. The number of nitrogens with zero attached hydrogens (tertiary/aromatic N) is 4. The van der Waals surface area contributed by atoms with Crippen molar-refractivity contribution in [2.24, 2.45) is 0 Å². The summed E-state index contributed by atoms with van der Waals surface area (Å²) in [5, 5.41) is 9.82. The van der Waals surface area contributed by atoms with Crippen molar-refractivity contribution < 1.29 is 4.42 Å². The Hall–Kier alpha value is -5.55. The lowest BCUT2D eigenvalue weighted by Gasteiger charge is -2.25. The smallest absolute Gasteiger partial charge is 0.248 e. The average Bonchev–Trinajstić information content (AvgIpc) is 3.53. The fourth-order valence-corrected chi connectivity index (χ4v) is 4.91. The number of aromatic nitrogens is 3. The Labute approximate surface area is 232 Å². The predicted octanol–water partition coefficient (Wildman–Crippen LogP) is 9.09. The van der Waals surface area contributed by atoms with Gasteiger partial charge in [-0.3, -0.25) is 0 Å². The Morgan fingerprint density at radius 2 is 1.02 bits per heavy atom. The van der Waals surface area contributed by atoms with Gasteiger partial charge in [0, 0.05) is 33.6 Å². The Morgan fingerprint density at radius 1 is 0.475 bits per heavy atom. The molecule has 7 rings (SSSR count). The molecule has 0 spiro atoms. The molecule has 5 nitrogen and oxygen atoms in total. The van der Waals surface area contributed by atoms with Crippen molar-refractivity contribution >= 4 is 28.0 Å². The van der Waals surface area contributed by atoms with E-state index in [-0.39, 0.29) is 0 Å². The largest absolute Gasteiger partial charge is 0.416 e. The van der Waals surface area contributed by atoms with Crippen molar-refractivity contribution in [1.29, 1.82) is 0 Å². The van der Waals surface area contributed by atoms with Gasteiger partial charge in [0.15, 0.2) is 0 Å². The minimum absolute atomic E-state index is 0.463. The first-order valence-electron chi connectivity index (χ1n) is 13.1. The summed E-state index contributed by atoms with van der Waals surface area (Å²) in [6.07, 6.45) is 0. The van der Waals surface area contributed by atoms with Gasteiger partial charge in [-0.25, -0.2) is 4.98 Å². The lowest BCUT2D eigenvalue weighted by atomic mass is 10.0. The fraction of sp³-hybridized carbons (Fsp3) is 0. The van der Waals surface area contributed by atoms with Crippen LogP contribution >= 0.6 is 0 Å². The predicted molar refractivity (Wildman–Crippen MR) is 161 cm³/mol. The summed E-state index contributed by atoms with van der Waals surface area (Å²) in [6.45, 7) is 0. The van der Waals surface area contributed by atoms with E-state index in [1.165, 1.54) is 0 Å². The molecule has 0 radical (unpaired) electrons. The van der Waals surface area contributed by atoms with Crippen LogP contribution in [0.15, 0.2) is 150 Å². The molecule has 0 saturated carbocycles. The summed E-state index contributed by atoms with van der Waals surface area (Å²) in [6, 6.07) is 49.0. The highest BCUT2D eigenvalue weighted by molar-refractivity contribution is 5.94. The molecule has 0 fully saturated rings. The summed E-state index contributed by atoms with van der Waals surface area (Å²) < 4.78 is 6.26. The second-order valence-electron chi connectivity index (χ2n) is 9.40. The number of para-hydroxylation sites is 3. The molecule has 0 N–H and O–H groups in total. The minimum atomic E-state index is 0.463. The molecule has 0 aliphatic carbocycles. The monoisotopic (exact) mass is 516 g/mol. The zero-order valence-corrected chi connectivity index (χ0v) is 21.6. The van der Waals surface area contributed by atoms with Crippen molar-refractivity contribution in [2.45, 2.75) is 0 Å². The van der Waals surface area contributed by atoms with Crippen LogP contribution in [0.2, 0.25) is 0 Å². The lowest BCUT2D eigenvalue weighted by molar-refractivity contribution is 0.585. The van der Waals surface area contributed by atoms with Crippen molar-refractivity contribution in [1.82, 2.24) is 15.2 Å². The van der Waals surface area contributed by atoms with Crippen LogP contribution in [0.1, 0.15) is 0 Å². The summed E-state index contributed by atoms with van der Waals surface area (Å²) >= 11 is 0. The highest BCUT2D eigenvalue weighted by atomic mass is 16.4. The highest BCUT2D eigenvalue weighted by Crippen LogP contribution is 2.36. The van der Waals surface area contributed by atoms with Crippen molar-refractivity contribution in [3.63, 3.8) is 0 Å². The Bertz CT molecular complexity index is 1840. The van der Waals surface area contributed by atoms with E-state index in [1.54, 1.807) is 0 Å². The van der Waals surface area contributed by atoms with E-state index in [4.69, 9.17) is 9.40 Å². The van der Waals surface area contributed by atoms with E-state index >= 15 is 0 Å². The van der Waals surface area contributed by atoms with Crippen molar-refractivity contribution in [3.8, 4) is 34.2 Å². The molecule has 5 aromatic carbocycles. The summed E-state index contributed by atoms with van der Waals surface area (Å²) in [4.78, 5) is 7.10. The number of benzene rings is 5. The number of hydrogen-bond acceptors (Lipinski definition) is 5. The van der Waals surface area contributed by atoms with Gasteiger partial charge in [-0.2, -0.15) is 0 Å². The molecular weight excluding hydrogens is 492 g/mol. The second kappa shape index (κ2) is 10.3. The standard InChI is InChI=1S/C35H24N4O/c1-4-12-25(13-5-1)33-24-31(30-18-10-11-19-32(30)36-33)35-38-37-34(40-35)26-20-22-29(23-21-26)39(27-14-6-2-7-15-27)28-16-8-3-9-17-28/h1-24H. The van der Waals surface area contributed by atoms with E-state index in [0.717, 1.165) is 50.3 Å². The average molecular weight is 517 g/mol. The van der Waals surface area contributed by atoms with E-state index in [2.05, 4.69) is 63.6 Å². The third-order valence-corrected chi connectivity index (χ3v) is 6.84. The van der Waals surface area contributed by atoms with Gasteiger partial charge in [-0.1, -0.05) is 84.9 Å². The molecular formula is C35H24N4O. The van der Waals surface area contributed by atoms with Crippen LogP contribution in [-0.2, 0) is 0 Å². The molecule has 40 heavy (non-hydrogen) atoms. The lowest BCUT2D eigenvalue weighted by Crippen LogP contribution is -2.09. The molecule has 0 atom stereocenters. The zero-order valence-electron chi connectivity index (χ0n) is 21.6. The number of rotatable bonds is 6. The fourth-order valence-electron chi connectivity index (χ4n) is 4.91. The second-order valence-corrected chi connectivity index (χ2v) is 9.40. The van der Waals surface area contributed by atoms with Crippen LogP contribution < -0.4 is 4.90 Å². The van der Waals surface area contributed by atoms with Gasteiger partial charge in [-0.05, 0) is 60.7 Å². The molecule has 0 saturated heterocycles. The van der Waals surface area contributed by atoms with E-state index in [1.807, 2.05) is 97.1 Å². The van der Waals surface area contributed by atoms with Gasteiger partial charge in [0.05, 0.1) is 16.8 Å². The zero-order chi connectivity index (χ0) is 26.7. The van der Waals surface area contributed by atoms with Crippen LogP contribution in [0.25, 0.3) is 45.1 Å². The minimum Gasteiger partial charge on any atom is -0.416 e. The molecule has 5 heteroatoms. The Morgan fingerprint density at radius 3 is 1.70 bits per heavy atom. The summed E-state index contributed by atoms with van der Waals surface area (Å²) in [7, 11) is 0. The van der Waals surface area contributed by atoms with Gasteiger partial charge in [0.1, 0.15) is 0 Å². The van der Waals surface area contributed by atoms with Crippen molar-refractivity contribution in [2.75, 3.05) is 4.90 Å². The maximum absolute atomic E-state index is 6.26.